The smallest absolute Gasteiger partial charge is 0.191 e. The predicted molar refractivity (Wildman–Crippen MR) is 129 cm³/mol. The van der Waals surface area contributed by atoms with Gasteiger partial charge in [-0.15, -0.1) is 24.0 Å². The van der Waals surface area contributed by atoms with Crippen LogP contribution in [0.25, 0.3) is 0 Å². The first kappa shape index (κ1) is 21.6. The zero-order valence-electron chi connectivity index (χ0n) is 16.7. The molecule has 2 aromatic rings. The van der Waals surface area contributed by atoms with Crippen LogP contribution in [-0.2, 0) is 12.0 Å². The fourth-order valence-corrected chi connectivity index (χ4v) is 3.71. The van der Waals surface area contributed by atoms with E-state index in [1.807, 2.05) is 6.07 Å². The van der Waals surface area contributed by atoms with Gasteiger partial charge < -0.3 is 15.5 Å². The first-order valence-electron chi connectivity index (χ1n) is 9.88. The number of aliphatic imine (C=N–C) groups is 1. The monoisotopic (exact) mass is 506 g/mol. The Balaban J connectivity index is 0.00000240. The molecule has 6 heteroatoms. The lowest BCUT2D eigenvalue weighted by molar-refractivity contribution is 0.607. The lowest BCUT2D eigenvalue weighted by Gasteiger charge is -2.20. The summed E-state index contributed by atoms with van der Waals surface area (Å²) < 4.78 is 13.6. The molecular weight excluding hydrogens is 478 g/mol. The number of nitrogens with one attached hydrogen (secondary N) is 2. The van der Waals surface area contributed by atoms with E-state index in [1.54, 1.807) is 19.2 Å². The molecule has 4 nitrogen and oxygen atoms in total. The van der Waals surface area contributed by atoms with Gasteiger partial charge in [-0.3, -0.25) is 4.99 Å². The van der Waals surface area contributed by atoms with E-state index in [9.17, 15) is 4.39 Å². The van der Waals surface area contributed by atoms with Crippen LogP contribution >= 0.6 is 24.0 Å². The van der Waals surface area contributed by atoms with E-state index in [0.717, 1.165) is 44.0 Å². The van der Waals surface area contributed by atoms with Crippen LogP contribution in [0.5, 0.6) is 0 Å². The summed E-state index contributed by atoms with van der Waals surface area (Å²) in [6.45, 7) is 3.45. The summed E-state index contributed by atoms with van der Waals surface area (Å²) in [7, 11) is 1.78. The molecule has 1 aliphatic heterocycles. The van der Waals surface area contributed by atoms with E-state index in [2.05, 4.69) is 56.9 Å². The molecule has 0 unspecified atom stereocenters. The van der Waals surface area contributed by atoms with Gasteiger partial charge >= 0.3 is 0 Å². The fraction of sp³-hybridized carbons (Fsp3) is 0.348. The van der Waals surface area contributed by atoms with Crippen LogP contribution in [0.1, 0.15) is 24.0 Å². The molecule has 1 aliphatic carbocycles. The average Bonchev–Trinajstić information content (AvgIpc) is 3.32. The highest BCUT2D eigenvalue weighted by Gasteiger charge is 2.44. The number of hydrogen-bond donors (Lipinski definition) is 2. The van der Waals surface area contributed by atoms with Gasteiger partial charge in [0, 0.05) is 44.3 Å². The van der Waals surface area contributed by atoms with Crippen LogP contribution in [0.2, 0.25) is 0 Å². The van der Waals surface area contributed by atoms with Crippen molar-refractivity contribution in [2.45, 2.75) is 24.8 Å². The van der Waals surface area contributed by atoms with Crippen LogP contribution in [-0.4, -0.2) is 32.6 Å². The largest absolute Gasteiger partial charge is 0.364 e. The molecule has 0 radical (unpaired) electrons. The van der Waals surface area contributed by atoms with Gasteiger partial charge in [0.2, 0.25) is 0 Å². The molecule has 0 atom stereocenters. The molecular formula is C23H28FIN4. The van der Waals surface area contributed by atoms with E-state index in [4.69, 9.17) is 0 Å². The van der Waals surface area contributed by atoms with Crippen molar-refractivity contribution in [1.29, 1.82) is 0 Å². The highest BCUT2D eigenvalue weighted by atomic mass is 127. The van der Waals surface area contributed by atoms with Crippen LogP contribution < -0.4 is 15.5 Å². The van der Waals surface area contributed by atoms with Crippen molar-refractivity contribution in [2.24, 2.45) is 4.99 Å². The molecule has 29 heavy (non-hydrogen) atoms. The molecule has 1 heterocycles. The molecule has 2 aromatic carbocycles. The number of halogens is 2. The molecule has 0 bridgehead atoms. The maximum atomic E-state index is 13.6. The zero-order chi connectivity index (χ0) is 19.4. The summed E-state index contributed by atoms with van der Waals surface area (Å²) in [6.07, 6.45) is 6.55. The van der Waals surface area contributed by atoms with Crippen molar-refractivity contribution in [3.8, 4) is 0 Å². The standard InChI is InChI=1S/C23H27FN4.HI/c1-25-22(27-17-23(11-12-23)19-5-4-6-20(24)15-19)26-16-18-7-9-21(10-8-18)28-13-2-3-14-28;/h2-10,15H,11-14,16-17H2,1H3,(H2,25,26,27);1H. The van der Waals surface area contributed by atoms with Crippen molar-refractivity contribution >= 4 is 35.6 Å². The third-order valence-corrected chi connectivity index (χ3v) is 5.69. The van der Waals surface area contributed by atoms with Crippen molar-refractivity contribution in [2.75, 3.05) is 31.6 Å². The maximum Gasteiger partial charge on any atom is 0.191 e. The minimum Gasteiger partial charge on any atom is -0.364 e. The van der Waals surface area contributed by atoms with Gasteiger partial charge in [-0.2, -0.15) is 0 Å². The highest BCUT2D eigenvalue weighted by molar-refractivity contribution is 14.0. The van der Waals surface area contributed by atoms with E-state index in [1.165, 1.54) is 17.3 Å². The van der Waals surface area contributed by atoms with E-state index >= 15 is 0 Å². The van der Waals surface area contributed by atoms with Gasteiger partial charge in [0.15, 0.2) is 5.96 Å². The first-order chi connectivity index (χ1) is 13.7. The van der Waals surface area contributed by atoms with E-state index in [0.29, 0.717) is 6.54 Å². The van der Waals surface area contributed by atoms with Gasteiger partial charge in [0.25, 0.3) is 0 Å². The van der Waals surface area contributed by atoms with Crippen molar-refractivity contribution < 1.29 is 4.39 Å². The lowest BCUT2D eigenvalue weighted by atomic mass is 9.96. The number of hydrogen-bond acceptors (Lipinski definition) is 2. The fourth-order valence-electron chi connectivity index (χ4n) is 3.71. The molecule has 2 aliphatic rings. The van der Waals surface area contributed by atoms with Gasteiger partial charge in [0.1, 0.15) is 5.82 Å². The summed E-state index contributed by atoms with van der Waals surface area (Å²) >= 11 is 0. The first-order valence-corrected chi connectivity index (χ1v) is 9.88. The molecule has 2 N–H and O–H groups in total. The Morgan fingerprint density at radius 2 is 1.79 bits per heavy atom. The van der Waals surface area contributed by atoms with Crippen molar-refractivity contribution in [3.05, 3.63) is 77.6 Å². The lowest BCUT2D eigenvalue weighted by Crippen LogP contribution is -2.40. The molecule has 1 saturated carbocycles. The highest BCUT2D eigenvalue weighted by Crippen LogP contribution is 2.47. The Hall–Kier alpha value is -2.09. The van der Waals surface area contributed by atoms with Crippen LogP contribution in [0.15, 0.2) is 65.7 Å². The zero-order valence-corrected chi connectivity index (χ0v) is 19.0. The summed E-state index contributed by atoms with van der Waals surface area (Å²) in [5.74, 6) is 0.606. The molecule has 154 valence electrons. The minimum absolute atomic E-state index is 0. The van der Waals surface area contributed by atoms with Crippen LogP contribution in [0, 0.1) is 5.82 Å². The van der Waals surface area contributed by atoms with Crippen molar-refractivity contribution in [3.63, 3.8) is 0 Å². The quantitative estimate of drug-likeness (QED) is 0.267. The molecule has 0 spiro atoms. The van der Waals surface area contributed by atoms with E-state index in [-0.39, 0.29) is 35.2 Å². The molecule has 4 rings (SSSR count). The number of benzene rings is 2. The number of anilines is 1. The Morgan fingerprint density at radius 1 is 1.07 bits per heavy atom. The normalized spacial score (nSPS) is 17.0. The predicted octanol–water partition coefficient (Wildman–Crippen LogP) is 4.22. The van der Waals surface area contributed by atoms with Crippen molar-refractivity contribution in [1.82, 2.24) is 10.6 Å². The molecule has 0 saturated heterocycles. The second-order valence-corrected chi connectivity index (χ2v) is 7.61. The Labute approximate surface area is 189 Å². The Morgan fingerprint density at radius 3 is 2.41 bits per heavy atom. The second kappa shape index (κ2) is 9.61. The SMILES string of the molecule is CN=C(NCc1ccc(N2CC=CC2)cc1)NCC1(c2cccc(F)c2)CC1.I. The number of guanidine groups is 1. The molecule has 0 amide bonds. The van der Waals surface area contributed by atoms with Gasteiger partial charge in [-0.1, -0.05) is 36.4 Å². The molecule has 1 fully saturated rings. The van der Waals surface area contributed by atoms with Gasteiger partial charge in [-0.25, -0.2) is 4.39 Å². The third-order valence-electron chi connectivity index (χ3n) is 5.69. The average molecular weight is 506 g/mol. The van der Waals surface area contributed by atoms with Gasteiger partial charge in [-0.05, 0) is 48.2 Å². The van der Waals surface area contributed by atoms with Crippen LogP contribution in [0.4, 0.5) is 10.1 Å². The summed E-state index contributed by atoms with van der Waals surface area (Å²) in [5.41, 5.74) is 3.57. The Bertz CT molecular complexity index is 867. The Kier molecular flexibility index (Phi) is 7.16. The summed E-state index contributed by atoms with van der Waals surface area (Å²) in [6, 6.07) is 15.6. The second-order valence-electron chi connectivity index (χ2n) is 7.61. The third kappa shape index (κ3) is 5.29. The number of nitrogens with zero attached hydrogens (tertiary/aromatic N) is 2. The van der Waals surface area contributed by atoms with Crippen LogP contribution in [0.3, 0.4) is 0 Å². The minimum atomic E-state index is -0.167. The summed E-state index contributed by atoms with van der Waals surface area (Å²) in [5, 5.41) is 6.79. The number of rotatable bonds is 6. The molecule has 0 aromatic heterocycles. The maximum absolute atomic E-state index is 13.6. The van der Waals surface area contributed by atoms with Gasteiger partial charge in [0.05, 0.1) is 0 Å². The van der Waals surface area contributed by atoms with E-state index < -0.39 is 0 Å². The summed E-state index contributed by atoms with van der Waals surface area (Å²) in [4.78, 5) is 6.66. The topological polar surface area (TPSA) is 39.7 Å².